The molecular formula is C11H16N2O. The van der Waals surface area contributed by atoms with E-state index in [4.69, 9.17) is 5.26 Å². The Morgan fingerprint density at radius 3 is 2.64 bits per heavy atom. The fraction of sp³-hybridized carbons (Fsp3) is 0.818. The van der Waals surface area contributed by atoms with Crippen molar-refractivity contribution in [2.45, 2.75) is 32.1 Å². The standard InChI is InChI=1S/C11H16N2O/c12-6-9-10(7-13-11(9)14)8-4-2-1-3-5-8/h8-10H,1-5,7H2,(H,13,14)/t9-,10-/m0/s1. The smallest absolute Gasteiger partial charge is 0.237 e. The lowest BCUT2D eigenvalue weighted by atomic mass is 9.76. The van der Waals surface area contributed by atoms with Crippen LogP contribution in [0.1, 0.15) is 32.1 Å². The van der Waals surface area contributed by atoms with Crippen molar-refractivity contribution in [3.8, 4) is 6.07 Å². The Morgan fingerprint density at radius 2 is 2.00 bits per heavy atom. The van der Waals surface area contributed by atoms with E-state index in [1.807, 2.05) is 0 Å². The van der Waals surface area contributed by atoms with Gasteiger partial charge in [0.15, 0.2) is 0 Å². The van der Waals surface area contributed by atoms with Gasteiger partial charge in [0, 0.05) is 12.5 Å². The van der Waals surface area contributed by atoms with E-state index >= 15 is 0 Å². The van der Waals surface area contributed by atoms with Crippen molar-refractivity contribution in [1.29, 1.82) is 5.26 Å². The predicted octanol–water partition coefficient (Wildman–Crippen LogP) is 1.45. The van der Waals surface area contributed by atoms with Crippen molar-refractivity contribution in [2.75, 3.05) is 6.54 Å². The molecule has 14 heavy (non-hydrogen) atoms. The highest BCUT2D eigenvalue weighted by atomic mass is 16.2. The van der Waals surface area contributed by atoms with E-state index in [0.29, 0.717) is 5.92 Å². The number of nitriles is 1. The molecule has 2 atom stereocenters. The van der Waals surface area contributed by atoms with Crippen molar-refractivity contribution in [3.05, 3.63) is 0 Å². The Hall–Kier alpha value is -1.04. The van der Waals surface area contributed by atoms with Crippen molar-refractivity contribution < 1.29 is 4.79 Å². The zero-order valence-corrected chi connectivity index (χ0v) is 8.33. The summed E-state index contributed by atoms with van der Waals surface area (Å²) in [5, 5.41) is 11.7. The van der Waals surface area contributed by atoms with Crippen LogP contribution in [0.15, 0.2) is 0 Å². The third kappa shape index (κ3) is 1.61. The van der Waals surface area contributed by atoms with Crippen molar-refractivity contribution in [1.82, 2.24) is 5.32 Å². The molecule has 0 bridgehead atoms. The number of nitrogens with one attached hydrogen (secondary N) is 1. The quantitative estimate of drug-likeness (QED) is 0.683. The first-order valence-electron chi connectivity index (χ1n) is 5.50. The van der Waals surface area contributed by atoms with Crippen LogP contribution in [-0.4, -0.2) is 12.5 Å². The summed E-state index contributed by atoms with van der Waals surface area (Å²) in [6, 6.07) is 2.15. The maximum Gasteiger partial charge on any atom is 0.237 e. The number of carbonyl (C=O) groups excluding carboxylic acids is 1. The van der Waals surface area contributed by atoms with Gasteiger partial charge >= 0.3 is 0 Å². The van der Waals surface area contributed by atoms with Gasteiger partial charge in [0.25, 0.3) is 0 Å². The molecule has 1 saturated heterocycles. The first-order valence-corrected chi connectivity index (χ1v) is 5.50. The summed E-state index contributed by atoms with van der Waals surface area (Å²) in [6.45, 7) is 0.724. The van der Waals surface area contributed by atoms with E-state index in [1.54, 1.807) is 0 Å². The fourth-order valence-electron chi connectivity index (χ4n) is 2.80. The molecule has 1 aliphatic heterocycles. The second-order valence-corrected chi connectivity index (χ2v) is 4.41. The molecule has 1 saturated carbocycles. The summed E-state index contributed by atoms with van der Waals surface area (Å²) >= 11 is 0. The Kier molecular flexibility index (Phi) is 2.72. The second kappa shape index (κ2) is 4.00. The number of amides is 1. The molecule has 1 heterocycles. The van der Waals surface area contributed by atoms with Gasteiger partial charge in [0.1, 0.15) is 5.92 Å². The number of nitrogens with zero attached hydrogens (tertiary/aromatic N) is 1. The lowest BCUT2D eigenvalue weighted by molar-refractivity contribution is -0.121. The fourth-order valence-corrected chi connectivity index (χ4v) is 2.80. The first-order chi connectivity index (χ1) is 6.83. The van der Waals surface area contributed by atoms with E-state index in [9.17, 15) is 4.79 Å². The largest absolute Gasteiger partial charge is 0.355 e. The van der Waals surface area contributed by atoms with Gasteiger partial charge in [-0.25, -0.2) is 0 Å². The van der Waals surface area contributed by atoms with Crippen LogP contribution in [0.4, 0.5) is 0 Å². The van der Waals surface area contributed by atoms with Crippen molar-refractivity contribution in [3.63, 3.8) is 0 Å². The summed E-state index contributed by atoms with van der Waals surface area (Å²) in [6.07, 6.45) is 6.28. The Balaban J connectivity index is 2.03. The molecule has 0 radical (unpaired) electrons. The van der Waals surface area contributed by atoms with Gasteiger partial charge in [0.05, 0.1) is 6.07 Å². The second-order valence-electron chi connectivity index (χ2n) is 4.41. The Bertz CT molecular complexity index is 263. The summed E-state index contributed by atoms with van der Waals surface area (Å²) in [5.41, 5.74) is 0. The molecule has 2 aliphatic rings. The zero-order valence-electron chi connectivity index (χ0n) is 8.33. The number of hydrogen-bond donors (Lipinski definition) is 1. The topological polar surface area (TPSA) is 52.9 Å². The third-order valence-electron chi connectivity index (χ3n) is 3.62. The summed E-state index contributed by atoms with van der Waals surface area (Å²) in [5.74, 6) is 0.460. The molecule has 1 amide bonds. The monoisotopic (exact) mass is 192 g/mol. The van der Waals surface area contributed by atoms with Crippen molar-refractivity contribution >= 4 is 5.91 Å². The summed E-state index contributed by atoms with van der Waals surface area (Å²) < 4.78 is 0. The molecule has 3 nitrogen and oxygen atoms in total. The maximum atomic E-state index is 11.3. The van der Waals surface area contributed by atoms with Gasteiger partial charge in [-0.3, -0.25) is 4.79 Å². The van der Waals surface area contributed by atoms with Crippen LogP contribution in [0.3, 0.4) is 0 Å². The molecular weight excluding hydrogens is 176 g/mol. The van der Waals surface area contributed by atoms with Gasteiger partial charge in [0.2, 0.25) is 5.91 Å². The van der Waals surface area contributed by atoms with E-state index in [1.165, 1.54) is 32.1 Å². The molecule has 0 unspecified atom stereocenters. The molecule has 2 rings (SSSR count). The Morgan fingerprint density at radius 1 is 1.29 bits per heavy atom. The number of rotatable bonds is 1. The highest BCUT2D eigenvalue weighted by Gasteiger charge is 2.39. The van der Waals surface area contributed by atoms with E-state index < -0.39 is 0 Å². The van der Waals surface area contributed by atoms with Crippen LogP contribution in [0.5, 0.6) is 0 Å². The molecule has 0 aromatic carbocycles. The van der Waals surface area contributed by atoms with E-state index in [0.717, 1.165) is 6.54 Å². The van der Waals surface area contributed by atoms with Crippen LogP contribution in [0.2, 0.25) is 0 Å². The SMILES string of the molecule is N#C[C@@H]1C(=O)NC[C@H]1C1CCCCC1. The van der Waals surface area contributed by atoms with Gasteiger partial charge in [-0.05, 0) is 5.92 Å². The van der Waals surface area contributed by atoms with Gasteiger partial charge in [-0.15, -0.1) is 0 Å². The first kappa shape index (κ1) is 9.51. The molecule has 0 aromatic heterocycles. The normalized spacial score (nSPS) is 33.8. The van der Waals surface area contributed by atoms with Crippen LogP contribution in [0.25, 0.3) is 0 Å². The lowest BCUT2D eigenvalue weighted by Gasteiger charge is -2.27. The Labute approximate surface area is 84.5 Å². The van der Waals surface area contributed by atoms with Crippen LogP contribution in [0, 0.1) is 29.1 Å². The van der Waals surface area contributed by atoms with Crippen LogP contribution in [-0.2, 0) is 4.79 Å². The average molecular weight is 192 g/mol. The summed E-state index contributed by atoms with van der Waals surface area (Å²) in [4.78, 5) is 11.3. The van der Waals surface area contributed by atoms with Gasteiger partial charge in [-0.2, -0.15) is 5.26 Å². The van der Waals surface area contributed by atoms with Crippen LogP contribution < -0.4 is 5.32 Å². The minimum atomic E-state index is -0.377. The molecule has 1 N–H and O–H groups in total. The molecule has 1 aliphatic carbocycles. The highest BCUT2D eigenvalue weighted by Crippen LogP contribution is 2.35. The summed E-state index contributed by atoms with van der Waals surface area (Å²) in [7, 11) is 0. The van der Waals surface area contributed by atoms with Gasteiger partial charge in [-0.1, -0.05) is 32.1 Å². The highest BCUT2D eigenvalue weighted by molar-refractivity contribution is 5.83. The number of carbonyl (C=O) groups is 1. The molecule has 3 heteroatoms. The zero-order chi connectivity index (χ0) is 9.97. The average Bonchev–Trinajstić information content (AvgIpc) is 2.61. The molecule has 76 valence electrons. The van der Waals surface area contributed by atoms with Gasteiger partial charge < -0.3 is 5.32 Å². The molecule has 2 fully saturated rings. The third-order valence-corrected chi connectivity index (χ3v) is 3.62. The van der Waals surface area contributed by atoms with Crippen LogP contribution >= 0.6 is 0 Å². The lowest BCUT2D eigenvalue weighted by Crippen LogP contribution is -2.24. The van der Waals surface area contributed by atoms with Crippen molar-refractivity contribution in [2.24, 2.45) is 17.8 Å². The van der Waals surface area contributed by atoms with E-state index in [-0.39, 0.29) is 17.7 Å². The molecule has 0 aromatic rings. The molecule has 0 spiro atoms. The number of hydrogen-bond acceptors (Lipinski definition) is 2. The minimum Gasteiger partial charge on any atom is -0.355 e. The maximum absolute atomic E-state index is 11.3. The van der Waals surface area contributed by atoms with E-state index in [2.05, 4.69) is 11.4 Å². The minimum absolute atomic E-state index is 0.0527. The predicted molar refractivity (Wildman–Crippen MR) is 52.2 cm³/mol.